The Hall–Kier alpha value is -2.25. The van der Waals surface area contributed by atoms with Crippen LogP contribution in [-0.4, -0.2) is 43.1 Å². The minimum Gasteiger partial charge on any atom is -0.466 e. The molecule has 0 saturated carbocycles. The summed E-state index contributed by atoms with van der Waals surface area (Å²) in [6.07, 6.45) is 0. The third-order valence-corrected chi connectivity index (χ3v) is 4.49. The fourth-order valence-corrected chi connectivity index (χ4v) is 2.96. The second-order valence-electron chi connectivity index (χ2n) is 5.10. The van der Waals surface area contributed by atoms with Crippen molar-refractivity contribution in [2.75, 3.05) is 20.3 Å². The number of carbonyl (C=O) groups excluding carboxylic acids is 3. The van der Waals surface area contributed by atoms with Crippen LogP contribution in [0.25, 0.3) is 0 Å². The first kappa shape index (κ1) is 16.6. The maximum atomic E-state index is 12.3. The van der Waals surface area contributed by atoms with Gasteiger partial charge < -0.3 is 14.8 Å². The molecule has 0 bridgehead atoms. The highest BCUT2D eigenvalue weighted by molar-refractivity contribution is 6.42. The molecule has 0 aliphatic carbocycles. The zero-order chi connectivity index (χ0) is 17.4. The number of nitrogens with one attached hydrogen (secondary N) is 1. The van der Waals surface area contributed by atoms with Crippen LogP contribution in [0.3, 0.4) is 0 Å². The van der Waals surface area contributed by atoms with Gasteiger partial charge in [-0.2, -0.15) is 0 Å². The monoisotopic (exact) mass is 370 g/mol. The molecule has 2 aliphatic rings. The van der Waals surface area contributed by atoms with Crippen LogP contribution >= 0.6 is 23.2 Å². The predicted octanol–water partition coefficient (Wildman–Crippen LogP) is 2.04. The maximum Gasteiger partial charge on any atom is 0.355 e. The van der Waals surface area contributed by atoms with Crippen molar-refractivity contribution in [2.45, 2.75) is 6.04 Å². The fraction of sp³-hybridized carbons (Fsp3) is 0.267. The van der Waals surface area contributed by atoms with E-state index in [1.807, 2.05) is 0 Å². The van der Waals surface area contributed by atoms with Crippen molar-refractivity contribution in [1.82, 2.24) is 10.2 Å². The van der Waals surface area contributed by atoms with Crippen molar-refractivity contribution in [3.8, 4) is 0 Å². The van der Waals surface area contributed by atoms with Gasteiger partial charge in [0.05, 0.1) is 35.3 Å². The summed E-state index contributed by atoms with van der Waals surface area (Å²) in [5.74, 6) is -1.49. The van der Waals surface area contributed by atoms with Gasteiger partial charge in [-0.3, -0.25) is 4.90 Å². The molecule has 0 radical (unpaired) electrons. The lowest BCUT2D eigenvalue weighted by atomic mass is 9.94. The van der Waals surface area contributed by atoms with Gasteiger partial charge in [-0.05, 0) is 17.7 Å². The number of cyclic esters (lactones) is 1. The number of hydrogen-bond acceptors (Lipinski definition) is 5. The van der Waals surface area contributed by atoms with E-state index in [0.29, 0.717) is 10.6 Å². The molecular weight excluding hydrogens is 359 g/mol. The lowest BCUT2D eigenvalue weighted by molar-refractivity contribution is -0.146. The summed E-state index contributed by atoms with van der Waals surface area (Å²) in [7, 11) is 1.19. The van der Waals surface area contributed by atoms with E-state index in [1.54, 1.807) is 6.07 Å². The number of amides is 2. The summed E-state index contributed by atoms with van der Waals surface area (Å²) in [6, 6.07) is 3.24. The smallest absolute Gasteiger partial charge is 0.355 e. The number of halogens is 2. The van der Waals surface area contributed by atoms with Crippen LogP contribution in [0.5, 0.6) is 0 Å². The normalized spacial score (nSPS) is 20.3. The Morgan fingerprint density at radius 2 is 2.08 bits per heavy atom. The number of ether oxygens (including phenoxy) is 2. The Labute approximate surface area is 147 Å². The largest absolute Gasteiger partial charge is 0.466 e. The lowest BCUT2D eigenvalue weighted by Gasteiger charge is -2.37. The second-order valence-corrected chi connectivity index (χ2v) is 5.91. The summed E-state index contributed by atoms with van der Waals surface area (Å²) < 4.78 is 9.76. The zero-order valence-corrected chi connectivity index (χ0v) is 14.0. The third-order valence-electron chi connectivity index (χ3n) is 3.75. The summed E-state index contributed by atoms with van der Waals surface area (Å²) in [6.45, 7) is 0.211. The van der Waals surface area contributed by atoms with Crippen LogP contribution in [0.2, 0.25) is 10.0 Å². The average molecular weight is 371 g/mol. The molecule has 1 N–H and O–H groups in total. The highest BCUT2D eigenvalue weighted by atomic mass is 35.5. The Bertz CT molecular complexity index is 777. The van der Waals surface area contributed by atoms with Crippen molar-refractivity contribution >= 4 is 41.2 Å². The van der Waals surface area contributed by atoms with E-state index in [0.717, 1.165) is 0 Å². The second kappa shape index (κ2) is 6.33. The first-order valence-electron chi connectivity index (χ1n) is 6.96. The van der Waals surface area contributed by atoms with E-state index in [2.05, 4.69) is 5.32 Å². The number of urea groups is 1. The number of nitrogens with zero attached hydrogens (tertiary/aromatic N) is 1. The first-order valence-corrected chi connectivity index (χ1v) is 7.72. The molecule has 1 saturated heterocycles. The number of benzene rings is 1. The van der Waals surface area contributed by atoms with Crippen molar-refractivity contribution in [3.63, 3.8) is 0 Å². The van der Waals surface area contributed by atoms with Gasteiger partial charge in [0.25, 0.3) is 0 Å². The number of esters is 2. The van der Waals surface area contributed by atoms with Gasteiger partial charge in [0, 0.05) is 0 Å². The Balaban J connectivity index is 2.18. The molecule has 126 valence electrons. The van der Waals surface area contributed by atoms with E-state index in [-0.39, 0.29) is 29.4 Å². The molecule has 9 heteroatoms. The Morgan fingerprint density at radius 3 is 2.75 bits per heavy atom. The summed E-state index contributed by atoms with van der Waals surface area (Å²) in [4.78, 5) is 37.9. The van der Waals surface area contributed by atoms with Crippen molar-refractivity contribution in [3.05, 3.63) is 45.1 Å². The van der Waals surface area contributed by atoms with Crippen LogP contribution in [0, 0.1) is 0 Å². The first-order chi connectivity index (χ1) is 11.4. The number of carbonyl (C=O) groups is 3. The van der Waals surface area contributed by atoms with Gasteiger partial charge >= 0.3 is 18.0 Å². The van der Waals surface area contributed by atoms with E-state index in [9.17, 15) is 14.4 Å². The van der Waals surface area contributed by atoms with E-state index in [4.69, 9.17) is 32.7 Å². The molecule has 2 amide bonds. The molecule has 1 aromatic carbocycles. The van der Waals surface area contributed by atoms with Gasteiger partial charge in [-0.1, -0.05) is 29.3 Å². The number of morpholine rings is 1. The highest BCUT2D eigenvalue weighted by Crippen LogP contribution is 2.35. The third kappa shape index (κ3) is 2.70. The topological polar surface area (TPSA) is 84.9 Å². The number of fused-ring (bicyclic) bond motifs is 1. The fourth-order valence-electron chi connectivity index (χ4n) is 2.66. The molecule has 3 rings (SSSR count). The van der Waals surface area contributed by atoms with Crippen LogP contribution < -0.4 is 5.32 Å². The maximum absolute atomic E-state index is 12.3. The summed E-state index contributed by atoms with van der Waals surface area (Å²) in [5.41, 5.74) is 0.358. The van der Waals surface area contributed by atoms with Gasteiger partial charge in [-0.15, -0.1) is 0 Å². The molecule has 24 heavy (non-hydrogen) atoms. The molecule has 0 spiro atoms. The Kier molecular flexibility index (Phi) is 4.38. The van der Waals surface area contributed by atoms with Crippen molar-refractivity contribution in [2.24, 2.45) is 0 Å². The number of methoxy groups -OCH3 is 1. The van der Waals surface area contributed by atoms with Gasteiger partial charge in [0.1, 0.15) is 12.3 Å². The standard InChI is InChI=1S/C15H12Cl2N2O5/c1-23-13(20)10-11(7-2-3-8(16)9(17)6-7)18-15(22)19-4-5-24-14(21)12(10)19/h2-3,6,11H,4-5H2,1H3,(H,18,22)/t11-/m1/s1. The lowest BCUT2D eigenvalue weighted by Crippen LogP contribution is -2.53. The summed E-state index contributed by atoms with van der Waals surface area (Å²) in [5, 5.41) is 3.27. The zero-order valence-electron chi connectivity index (χ0n) is 12.5. The van der Waals surface area contributed by atoms with Crippen molar-refractivity contribution < 1.29 is 23.9 Å². The SMILES string of the molecule is COC(=O)C1=C2C(=O)OCCN2C(=O)N[C@@H]1c1ccc(Cl)c(Cl)c1. The Morgan fingerprint density at radius 1 is 1.33 bits per heavy atom. The average Bonchev–Trinajstić information content (AvgIpc) is 2.57. The highest BCUT2D eigenvalue weighted by Gasteiger charge is 2.43. The number of rotatable bonds is 2. The molecule has 1 aromatic rings. The molecule has 7 nitrogen and oxygen atoms in total. The summed E-state index contributed by atoms with van der Waals surface area (Å²) >= 11 is 11.9. The molecule has 1 atom stereocenters. The number of hydrogen-bond donors (Lipinski definition) is 1. The molecule has 0 unspecified atom stereocenters. The van der Waals surface area contributed by atoms with Gasteiger partial charge in [-0.25, -0.2) is 14.4 Å². The molecule has 2 heterocycles. The molecule has 0 aromatic heterocycles. The predicted molar refractivity (Wildman–Crippen MR) is 84.4 cm³/mol. The van der Waals surface area contributed by atoms with E-state index >= 15 is 0 Å². The van der Waals surface area contributed by atoms with Crippen LogP contribution in [0.15, 0.2) is 29.5 Å². The van der Waals surface area contributed by atoms with E-state index < -0.39 is 24.0 Å². The minimum atomic E-state index is -0.906. The molecule has 1 fully saturated rings. The quantitative estimate of drug-likeness (QED) is 0.805. The van der Waals surface area contributed by atoms with Gasteiger partial charge in [0.15, 0.2) is 0 Å². The van der Waals surface area contributed by atoms with Crippen LogP contribution in [0.1, 0.15) is 11.6 Å². The van der Waals surface area contributed by atoms with Crippen LogP contribution in [0.4, 0.5) is 4.79 Å². The van der Waals surface area contributed by atoms with Crippen molar-refractivity contribution in [1.29, 1.82) is 0 Å². The molecule has 2 aliphatic heterocycles. The van der Waals surface area contributed by atoms with Gasteiger partial charge in [0.2, 0.25) is 0 Å². The minimum absolute atomic E-state index is 0.0137. The molecular formula is C15H12Cl2N2O5. The van der Waals surface area contributed by atoms with Crippen LogP contribution in [-0.2, 0) is 19.1 Å². The van der Waals surface area contributed by atoms with E-state index in [1.165, 1.54) is 24.1 Å².